The van der Waals surface area contributed by atoms with Gasteiger partial charge in [0.25, 0.3) is 0 Å². The van der Waals surface area contributed by atoms with Gasteiger partial charge in [0.2, 0.25) is 0 Å². The fraction of sp³-hybridized carbons (Fsp3) is 0.423. The molecule has 3 rings (SSSR count). The maximum absolute atomic E-state index is 14.3. The van der Waals surface area contributed by atoms with Gasteiger partial charge in [0.15, 0.2) is 0 Å². The molecule has 0 fully saturated rings. The Kier molecular flexibility index (Phi) is 5.85. The molecule has 30 heavy (non-hydrogen) atoms. The minimum absolute atomic E-state index is 0.194. The number of hydrogen-bond donors (Lipinski definition) is 0. The van der Waals surface area contributed by atoms with Gasteiger partial charge in [0.1, 0.15) is 22.8 Å². The molecule has 4 heteroatoms. The number of nitrogens with zero attached hydrogens (tertiary/aromatic N) is 1. The Bertz CT molecular complexity index is 1160. The van der Waals surface area contributed by atoms with Gasteiger partial charge in [-0.2, -0.15) is 0 Å². The molecule has 0 aliphatic carbocycles. The first-order valence-corrected chi connectivity index (χ1v) is 10.8. The van der Waals surface area contributed by atoms with Gasteiger partial charge in [-0.15, -0.1) is 0 Å². The van der Waals surface area contributed by atoms with Crippen LogP contribution in [0.4, 0.5) is 4.39 Å². The van der Waals surface area contributed by atoms with E-state index in [0.29, 0.717) is 12.2 Å². The standard InChI is InChI=1S/C26H32FNOS/c1-16-9-10-20-18(11-16)13-19(28(24(20)30)26(6,7)8)15-29-23-12-17(2)22(27)14-21(23)25(3,4)5/h9-14H,15H2,1-8H3. The summed E-state index contributed by atoms with van der Waals surface area (Å²) in [5, 5.41) is 2.19. The maximum Gasteiger partial charge on any atom is 0.128 e. The van der Waals surface area contributed by atoms with Gasteiger partial charge in [-0.05, 0) is 69.2 Å². The number of ether oxygens (including phenoxy) is 1. The van der Waals surface area contributed by atoms with E-state index >= 15 is 0 Å². The van der Waals surface area contributed by atoms with E-state index < -0.39 is 0 Å². The van der Waals surface area contributed by atoms with Crippen LogP contribution in [0.3, 0.4) is 0 Å². The van der Waals surface area contributed by atoms with Crippen molar-refractivity contribution >= 4 is 23.0 Å². The first-order valence-electron chi connectivity index (χ1n) is 10.4. The summed E-state index contributed by atoms with van der Waals surface area (Å²) in [7, 11) is 0. The van der Waals surface area contributed by atoms with E-state index in [9.17, 15) is 4.39 Å². The molecular weight excluding hydrogens is 393 g/mol. The highest BCUT2D eigenvalue weighted by atomic mass is 32.1. The van der Waals surface area contributed by atoms with Crippen LogP contribution >= 0.6 is 12.2 Å². The summed E-state index contributed by atoms with van der Waals surface area (Å²) in [6.45, 7) is 16.9. The second-order valence-electron chi connectivity index (χ2n) is 10.2. The Morgan fingerprint density at radius 1 is 0.967 bits per heavy atom. The van der Waals surface area contributed by atoms with Crippen molar-refractivity contribution < 1.29 is 9.13 Å². The Morgan fingerprint density at radius 3 is 2.23 bits per heavy atom. The number of benzene rings is 2. The molecule has 0 atom stereocenters. The van der Waals surface area contributed by atoms with Gasteiger partial charge in [0.05, 0.1) is 5.69 Å². The zero-order valence-corrected chi connectivity index (χ0v) is 20.1. The van der Waals surface area contributed by atoms with Crippen LogP contribution in [0.25, 0.3) is 10.8 Å². The lowest BCUT2D eigenvalue weighted by Crippen LogP contribution is -2.27. The van der Waals surface area contributed by atoms with Crippen molar-refractivity contribution in [2.45, 2.75) is 73.0 Å². The lowest BCUT2D eigenvalue weighted by molar-refractivity contribution is 0.267. The van der Waals surface area contributed by atoms with Crippen molar-refractivity contribution in [3.63, 3.8) is 0 Å². The molecule has 0 aliphatic heterocycles. The van der Waals surface area contributed by atoms with Gasteiger partial charge in [-0.25, -0.2) is 4.39 Å². The SMILES string of the molecule is Cc1ccc2c(=S)n(C(C)(C)C)c(COc3cc(C)c(F)cc3C(C)(C)C)cc2c1. The number of rotatable bonds is 3. The number of aromatic nitrogens is 1. The second kappa shape index (κ2) is 7.81. The van der Waals surface area contributed by atoms with E-state index in [0.717, 1.165) is 32.4 Å². The molecule has 1 aromatic heterocycles. The van der Waals surface area contributed by atoms with Crippen molar-refractivity contribution in [3.8, 4) is 5.75 Å². The first-order chi connectivity index (χ1) is 13.8. The molecule has 0 radical (unpaired) electrons. The topological polar surface area (TPSA) is 14.2 Å². The third-order valence-corrected chi connectivity index (χ3v) is 5.77. The highest BCUT2D eigenvalue weighted by Crippen LogP contribution is 2.34. The molecule has 0 N–H and O–H groups in total. The molecule has 2 aromatic carbocycles. The summed E-state index contributed by atoms with van der Waals surface area (Å²) in [6.07, 6.45) is 0. The van der Waals surface area contributed by atoms with Crippen LogP contribution in [0.5, 0.6) is 5.75 Å². The predicted octanol–water partition coefficient (Wildman–Crippen LogP) is 7.76. The monoisotopic (exact) mass is 425 g/mol. The molecular formula is C26H32FNOS. The molecule has 0 unspecified atom stereocenters. The summed E-state index contributed by atoms with van der Waals surface area (Å²) in [4.78, 5) is 0. The average molecular weight is 426 g/mol. The fourth-order valence-electron chi connectivity index (χ4n) is 3.85. The van der Waals surface area contributed by atoms with Crippen LogP contribution in [0.2, 0.25) is 0 Å². The summed E-state index contributed by atoms with van der Waals surface area (Å²) >= 11 is 5.88. The fourth-order valence-corrected chi connectivity index (χ4v) is 4.42. The van der Waals surface area contributed by atoms with Crippen molar-refractivity contribution in [3.05, 3.63) is 69.2 Å². The molecule has 2 nitrogen and oxygen atoms in total. The normalized spacial score (nSPS) is 12.4. The molecule has 160 valence electrons. The highest BCUT2D eigenvalue weighted by Gasteiger charge is 2.23. The van der Waals surface area contributed by atoms with E-state index in [2.05, 4.69) is 77.3 Å². The Hall–Kier alpha value is -2.20. The lowest BCUT2D eigenvalue weighted by atomic mass is 9.85. The zero-order valence-electron chi connectivity index (χ0n) is 19.3. The molecule has 0 aliphatic rings. The van der Waals surface area contributed by atoms with Crippen LogP contribution in [-0.4, -0.2) is 4.57 Å². The molecule has 1 heterocycles. The second-order valence-corrected chi connectivity index (χ2v) is 10.6. The molecule has 0 saturated heterocycles. The van der Waals surface area contributed by atoms with Crippen LogP contribution in [0.15, 0.2) is 36.4 Å². The third kappa shape index (κ3) is 4.44. The van der Waals surface area contributed by atoms with Gasteiger partial charge in [0, 0.05) is 16.5 Å². The summed E-state index contributed by atoms with van der Waals surface area (Å²) in [5.41, 5.74) is 3.23. The van der Waals surface area contributed by atoms with E-state index in [4.69, 9.17) is 17.0 Å². The Morgan fingerprint density at radius 2 is 1.63 bits per heavy atom. The third-order valence-electron chi connectivity index (χ3n) is 5.37. The first kappa shape index (κ1) is 22.5. The minimum atomic E-state index is -0.229. The van der Waals surface area contributed by atoms with Crippen molar-refractivity contribution in [2.24, 2.45) is 0 Å². The molecule has 0 bridgehead atoms. The minimum Gasteiger partial charge on any atom is -0.487 e. The maximum atomic E-state index is 14.3. The van der Waals surface area contributed by atoms with Gasteiger partial charge in [-0.1, -0.05) is 56.8 Å². The number of pyridine rings is 1. The number of hydrogen-bond acceptors (Lipinski definition) is 2. The zero-order chi connectivity index (χ0) is 22.4. The van der Waals surface area contributed by atoms with E-state index in [1.165, 1.54) is 5.56 Å². The average Bonchev–Trinajstić information content (AvgIpc) is 2.59. The number of aryl methyl sites for hydroxylation is 2. The predicted molar refractivity (Wildman–Crippen MR) is 127 cm³/mol. The van der Waals surface area contributed by atoms with Gasteiger partial charge < -0.3 is 9.30 Å². The molecule has 0 spiro atoms. The molecule has 3 aromatic rings. The molecule has 0 saturated carbocycles. The quantitative estimate of drug-likeness (QED) is 0.398. The number of fused-ring (bicyclic) bond motifs is 1. The van der Waals surface area contributed by atoms with Crippen LogP contribution < -0.4 is 4.74 Å². The molecule has 0 amide bonds. The van der Waals surface area contributed by atoms with Crippen LogP contribution in [0, 0.1) is 24.3 Å². The summed E-state index contributed by atoms with van der Waals surface area (Å²) in [5.74, 6) is 0.517. The summed E-state index contributed by atoms with van der Waals surface area (Å²) < 4.78 is 23.6. The van der Waals surface area contributed by atoms with E-state index in [-0.39, 0.29) is 16.8 Å². The van der Waals surface area contributed by atoms with E-state index in [1.807, 2.05) is 0 Å². The lowest BCUT2D eigenvalue weighted by Gasteiger charge is -2.29. The van der Waals surface area contributed by atoms with E-state index in [1.54, 1.807) is 19.1 Å². The van der Waals surface area contributed by atoms with Gasteiger partial charge >= 0.3 is 0 Å². The van der Waals surface area contributed by atoms with Crippen molar-refractivity contribution in [1.82, 2.24) is 4.57 Å². The van der Waals surface area contributed by atoms with Crippen LogP contribution in [-0.2, 0) is 17.6 Å². The van der Waals surface area contributed by atoms with Crippen molar-refractivity contribution in [2.75, 3.05) is 0 Å². The number of halogens is 1. The smallest absolute Gasteiger partial charge is 0.128 e. The Labute approximate surface area is 184 Å². The summed E-state index contributed by atoms with van der Waals surface area (Å²) in [6, 6.07) is 11.9. The highest BCUT2D eigenvalue weighted by molar-refractivity contribution is 7.71. The Balaban J connectivity index is 2.13. The van der Waals surface area contributed by atoms with Gasteiger partial charge in [-0.3, -0.25) is 0 Å². The van der Waals surface area contributed by atoms with Crippen molar-refractivity contribution in [1.29, 1.82) is 0 Å². The van der Waals surface area contributed by atoms with Crippen LogP contribution in [0.1, 0.15) is 63.9 Å². The largest absolute Gasteiger partial charge is 0.487 e.